The van der Waals surface area contributed by atoms with Gasteiger partial charge in [0.1, 0.15) is 5.75 Å². The fourth-order valence-corrected chi connectivity index (χ4v) is 3.42. The predicted octanol–water partition coefficient (Wildman–Crippen LogP) is 1.75. The van der Waals surface area contributed by atoms with E-state index in [1.54, 1.807) is 24.3 Å². The van der Waals surface area contributed by atoms with Gasteiger partial charge >= 0.3 is 0 Å². The Labute approximate surface area is 127 Å². The van der Waals surface area contributed by atoms with Crippen LogP contribution in [0, 0.1) is 5.92 Å². The Hall–Kier alpha value is -1.11. The Balaban J connectivity index is 1.85. The summed E-state index contributed by atoms with van der Waals surface area (Å²) in [6, 6.07) is 6.57. The fourth-order valence-electron chi connectivity index (χ4n) is 2.38. The highest BCUT2D eigenvalue weighted by Crippen LogP contribution is 2.17. The molecule has 1 heterocycles. The van der Waals surface area contributed by atoms with Gasteiger partial charge in [0.05, 0.1) is 11.5 Å². The Morgan fingerprint density at radius 1 is 1.33 bits per heavy atom. The molecule has 0 spiro atoms. The lowest BCUT2D eigenvalue weighted by Crippen LogP contribution is -2.26. The second kappa shape index (κ2) is 7.77. The number of sulfonamides is 1. The highest BCUT2D eigenvalue weighted by atomic mass is 32.2. The summed E-state index contributed by atoms with van der Waals surface area (Å²) in [5.41, 5.74) is 0. The average molecular weight is 312 g/mol. The first-order valence-corrected chi connectivity index (χ1v) is 9.03. The first kappa shape index (κ1) is 16.3. The Bertz CT molecular complexity index is 522. The van der Waals surface area contributed by atoms with E-state index in [4.69, 9.17) is 4.74 Å². The lowest BCUT2D eigenvalue weighted by Gasteiger charge is -2.10. The summed E-state index contributed by atoms with van der Waals surface area (Å²) >= 11 is 0. The SMILES string of the molecule is CCCOc1ccc(S(=O)(=O)NCCC2CCNC2)cc1. The minimum absolute atomic E-state index is 0.288. The summed E-state index contributed by atoms with van der Waals surface area (Å²) in [4.78, 5) is 0.288. The van der Waals surface area contributed by atoms with Gasteiger partial charge < -0.3 is 10.1 Å². The number of hydrogen-bond acceptors (Lipinski definition) is 4. The molecule has 1 aliphatic heterocycles. The molecule has 5 nitrogen and oxygen atoms in total. The quantitative estimate of drug-likeness (QED) is 0.767. The number of rotatable bonds is 8. The zero-order valence-electron chi connectivity index (χ0n) is 12.5. The Morgan fingerprint density at radius 2 is 2.10 bits per heavy atom. The molecule has 0 radical (unpaired) electrons. The second-order valence-electron chi connectivity index (χ2n) is 5.37. The zero-order chi connectivity index (χ0) is 15.1. The van der Waals surface area contributed by atoms with Crippen molar-refractivity contribution in [3.8, 4) is 5.75 Å². The van der Waals surface area contributed by atoms with Crippen LogP contribution in [0.2, 0.25) is 0 Å². The smallest absolute Gasteiger partial charge is 0.240 e. The highest BCUT2D eigenvalue weighted by Gasteiger charge is 2.17. The molecule has 0 aliphatic carbocycles. The van der Waals surface area contributed by atoms with Gasteiger partial charge in [-0.15, -0.1) is 0 Å². The van der Waals surface area contributed by atoms with Crippen LogP contribution in [0.1, 0.15) is 26.2 Å². The van der Waals surface area contributed by atoms with Crippen molar-refractivity contribution in [1.82, 2.24) is 10.0 Å². The first-order chi connectivity index (χ1) is 10.1. The van der Waals surface area contributed by atoms with Gasteiger partial charge in [-0.3, -0.25) is 0 Å². The average Bonchev–Trinajstić information content (AvgIpc) is 2.98. The molecule has 1 aromatic rings. The van der Waals surface area contributed by atoms with Gasteiger partial charge in [-0.25, -0.2) is 13.1 Å². The number of benzene rings is 1. The Morgan fingerprint density at radius 3 is 2.71 bits per heavy atom. The first-order valence-electron chi connectivity index (χ1n) is 7.55. The molecule has 0 aromatic heterocycles. The maximum absolute atomic E-state index is 12.2. The monoisotopic (exact) mass is 312 g/mol. The molecule has 1 saturated heterocycles. The summed E-state index contributed by atoms with van der Waals surface area (Å²) in [5, 5.41) is 3.28. The van der Waals surface area contributed by atoms with Gasteiger partial charge in [-0.05, 0) is 62.5 Å². The van der Waals surface area contributed by atoms with E-state index in [2.05, 4.69) is 10.0 Å². The van der Waals surface area contributed by atoms with E-state index in [1.165, 1.54) is 0 Å². The van der Waals surface area contributed by atoms with Crippen molar-refractivity contribution in [2.45, 2.75) is 31.1 Å². The molecule has 118 valence electrons. The third kappa shape index (κ3) is 4.98. The summed E-state index contributed by atoms with van der Waals surface area (Å²) in [6.45, 7) is 5.19. The van der Waals surface area contributed by atoms with Crippen molar-refractivity contribution >= 4 is 10.0 Å². The van der Waals surface area contributed by atoms with Crippen LogP contribution < -0.4 is 14.8 Å². The van der Waals surface area contributed by atoms with Crippen molar-refractivity contribution < 1.29 is 13.2 Å². The molecule has 1 fully saturated rings. The molecule has 2 N–H and O–H groups in total. The van der Waals surface area contributed by atoms with Gasteiger partial charge in [-0.1, -0.05) is 6.92 Å². The molecule has 1 aromatic carbocycles. The summed E-state index contributed by atoms with van der Waals surface area (Å²) in [6.07, 6.45) is 2.94. The number of ether oxygens (including phenoxy) is 1. The van der Waals surface area contributed by atoms with E-state index in [1.807, 2.05) is 6.92 Å². The maximum atomic E-state index is 12.2. The molecule has 0 bridgehead atoms. The van der Waals surface area contributed by atoms with Crippen molar-refractivity contribution in [2.24, 2.45) is 5.92 Å². The zero-order valence-corrected chi connectivity index (χ0v) is 13.3. The second-order valence-corrected chi connectivity index (χ2v) is 7.13. The van der Waals surface area contributed by atoms with Crippen LogP contribution in [0.3, 0.4) is 0 Å². The van der Waals surface area contributed by atoms with Crippen LogP contribution >= 0.6 is 0 Å². The van der Waals surface area contributed by atoms with Crippen LogP contribution in [-0.4, -0.2) is 34.7 Å². The third-order valence-corrected chi connectivity index (χ3v) is 5.09. The fraction of sp³-hybridized carbons (Fsp3) is 0.600. The van der Waals surface area contributed by atoms with Crippen LogP contribution in [0.5, 0.6) is 5.75 Å². The van der Waals surface area contributed by atoms with E-state index in [9.17, 15) is 8.42 Å². The standard InChI is InChI=1S/C15H24N2O3S/c1-2-11-20-14-3-5-15(6-4-14)21(18,19)17-10-8-13-7-9-16-12-13/h3-6,13,16-17H,2,7-12H2,1H3. The van der Waals surface area contributed by atoms with Crippen LogP contribution in [0.4, 0.5) is 0 Å². The van der Waals surface area contributed by atoms with Gasteiger partial charge in [0, 0.05) is 6.54 Å². The molecule has 0 amide bonds. The van der Waals surface area contributed by atoms with Crippen molar-refractivity contribution in [3.63, 3.8) is 0 Å². The lowest BCUT2D eigenvalue weighted by molar-refractivity contribution is 0.317. The topological polar surface area (TPSA) is 67.4 Å². The molecule has 21 heavy (non-hydrogen) atoms. The van der Waals surface area contributed by atoms with Gasteiger partial charge in [0.25, 0.3) is 0 Å². The molecule has 1 unspecified atom stereocenters. The van der Waals surface area contributed by atoms with Crippen molar-refractivity contribution in [3.05, 3.63) is 24.3 Å². The Kier molecular flexibility index (Phi) is 6.02. The van der Waals surface area contributed by atoms with Crippen molar-refractivity contribution in [2.75, 3.05) is 26.2 Å². The summed E-state index contributed by atoms with van der Waals surface area (Å²) in [7, 11) is -3.42. The van der Waals surface area contributed by atoms with Crippen LogP contribution in [-0.2, 0) is 10.0 Å². The van der Waals surface area contributed by atoms with Gasteiger partial charge in [0.15, 0.2) is 0 Å². The molecular formula is C15H24N2O3S. The van der Waals surface area contributed by atoms with E-state index >= 15 is 0 Å². The number of hydrogen-bond donors (Lipinski definition) is 2. The van der Waals surface area contributed by atoms with E-state index in [0.29, 0.717) is 24.8 Å². The molecule has 1 aliphatic rings. The summed E-state index contributed by atoms with van der Waals surface area (Å²) < 4.78 is 32.4. The number of nitrogens with one attached hydrogen (secondary N) is 2. The third-order valence-electron chi connectivity index (χ3n) is 3.61. The van der Waals surface area contributed by atoms with E-state index < -0.39 is 10.0 Å². The van der Waals surface area contributed by atoms with Gasteiger partial charge in [0.2, 0.25) is 10.0 Å². The molecule has 1 atom stereocenters. The maximum Gasteiger partial charge on any atom is 0.240 e. The molecule has 6 heteroatoms. The molecule has 0 saturated carbocycles. The largest absolute Gasteiger partial charge is 0.494 e. The van der Waals surface area contributed by atoms with Crippen molar-refractivity contribution in [1.29, 1.82) is 0 Å². The van der Waals surface area contributed by atoms with E-state index in [0.717, 1.165) is 32.4 Å². The van der Waals surface area contributed by atoms with Crippen LogP contribution in [0.25, 0.3) is 0 Å². The lowest BCUT2D eigenvalue weighted by atomic mass is 10.1. The highest BCUT2D eigenvalue weighted by molar-refractivity contribution is 7.89. The van der Waals surface area contributed by atoms with Gasteiger partial charge in [-0.2, -0.15) is 0 Å². The van der Waals surface area contributed by atoms with E-state index in [-0.39, 0.29) is 4.90 Å². The normalized spacial score (nSPS) is 18.8. The summed E-state index contributed by atoms with van der Waals surface area (Å²) in [5.74, 6) is 1.28. The molecular weight excluding hydrogens is 288 g/mol. The predicted molar refractivity (Wildman–Crippen MR) is 83.0 cm³/mol. The minimum atomic E-state index is -3.42. The molecule has 2 rings (SSSR count). The minimum Gasteiger partial charge on any atom is -0.494 e. The van der Waals surface area contributed by atoms with Crippen LogP contribution in [0.15, 0.2) is 29.2 Å².